The van der Waals surface area contributed by atoms with Crippen LogP contribution < -0.4 is 10.8 Å². The average Bonchev–Trinajstić information content (AvgIpc) is 2.71. The molecule has 0 aliphatic carbocycles. The summed E-state index contributed by atoms with van der Waals surface area (Å²) in [5.74, 6) is -2.18. The van der Waals surface area contributed by atoms with Crippen LogP contribution >= 0.6 is 0 Å². The maximum absolute atomic E-state index is 13.0. The van der Waals surface area contributed by atoms with E-state index in [2.05, 4.69) is 5.32 Å². The van der Waals surface area contributed by atoms with Gasteiger partial charge in [0.05, 0.1) is 23.3 Å². The molecule has 0 aliphatic rings. The van der Waals surface area contributed by atoms with E-state index in [0.717, 1.165) is 0 Å². The number of rotatable bonds is 7. The first-order valence-electron chi connectivity index (χ1n) is 9.81. The van der Waals surface area contributed by atoms with Crippen molar-refractivity contribution >= 4 is 17.5 Å². The number of para-hydroxylation sites is 1. The van der Waals surface area contributed by atoms with E-state index in [4.69, 9.17) is 9.57 Å². The first-order valence-corrected chi connectivity index (χ1v) is 9.81. The smallest absolute Gasteiger partial charge is 0.372 e. The molecule has 0 heterocycles. The van der Waals surface area contributed by atoms with Gasteiger partial charge in [0, 0.05) is 11.3 Å². The highest BCUT2D eigenvalue weighted by Gasteiger charge is 2.37. The summed E-state index contributed by atoms with van der Waals surface area (Å²) in [7, 11) is 0. The third-order valence-corrected chi connectivity index (χ3v) is 4.15. The second-order valence-corrected chi connectivity index (χ2v) is 8.11. The van der Waals surface area contributed by atoms with Gasteiger partial charge in [-0.2, -0.15) is 26.3 Å². The number of carbonyl (C=O) groups is 2. The lowest BCUT2D eigenvalue weighted by molar-refractivity contribution is -0.143. The summed E-state index contributed by atoms with van der Waals surface area (Å²) >= 11 is 0. The molecular weight excluding hydrogens is 470 g/mol. The zero-order valence-electron chi connectivity index (χ0n) is 18.3. The molecule has 0 saturated heterocycles. The largest absolute Gasteiger partial charge is 0.416 e. The van der Waals surface area contributed by atoms with Gasteiger partial charge in [-0.3, -0.25) is 14.4 Å². The number of hydroxylamine groups is 1. The Morgan fingerprint density at radius 1 is 0.882 bits per heavy atom. The molecule has 34 heavy (non-hydrogen) atoms. The number of hydrogen-bond acceptors (Lipinski definition) is 4. The Morgan fingerprint density at radius 3 is 1.88 bits per heavy atom. The first kappa shape index (κ1) is 27.1. The number of carbonyl (C=O) groups excluding carboxylic acids is 2. The van der Waals surface area contributed by atoms with Crippen molar-refractivity contribution in [3.8, 4) is 0 Å². The van der Waals surface area contributed by atoms with E-state index in [1.165, 1.54) is 0 Å². The Morgan fingerprint density at radius 2 is 1.41 bits per heavy atom. The van der Waals surface area contributed by atoms with Gasteiger partial charge in [0.2, 0.25) is 0 Å². The van der Waals surface area contributed by atoms with Gasteiger partial charge in [0.15, 0.2) is 6.10 Å². The Labute approximate surface area is 191 Å². The Kier molecular flexibility index (Phi) is 8.32. The third-order valence-electron chi connectivity index (χ3n) is 4.15. The van der Waals surface area contributed by atoms with Crippen LogP contribution in [0, 0.1) is 0 Å². The number of nitrogens with one attached hydrogen (secondary N) is 2. The number of halogens is 6. The summed E-state index contributed by atoms with van der Waals surface area (Å²) in [6, 6.07) is 8.52. The predicted octanol–water partition coefficient (Wildman–Crippen LogP) is 5.21. The summed E-state index contributed by atoms with van der Waals surface area (Å²) in [6.45, 7) is 4.66. The zero-order valence-corrected chi connectivity index (χ0v) is 18.3. The van der Waals surface area contributed by atoms with Crippen LogP contribution in [0.15, 0.2) is 48.5 Å². The topological polar surface area (TPSA) is 76.7 Å². The fraction of sp³-hybridized carbons (Fsp3) is 0.364. The highest BCUT2D eigenvalue weighted by Crippen LogP contribution is 2.36. The van der Waals surface area contributed by atoms with Gasteiger partial charge in [0.25, 0.3) is 11.8 Å². The molecule has 0 radical (unpaired) electrons. The second kappa shape index (κ2) is 10.4. The van der Waals surface area contributed by atoms with E-state index >= 15 is 0 Å². The fourth-order valence-electron chi connectivity index (χ4n) is 2.50. The lowest BCUT2D eigenvalue weighted by atomic mass is 10.0. The van der Waals surface area contributed by atoms with Gasteiger partial charge in [0.1, 0.15) is 0 Å². The Balaban J connectivity index is 2.23. The van der Waals surface area contributed by atoms with Crippen molar-refractivity contribution in [1.29, 1.82) is 0 Å². The van der Waals surface area contributed by atoms with Crippen molar-refractivity contribution in [3.05, 3.63) is 65.2 Å². The van der Waals surface area contributed by atoms with Gasteiger partial charge in [-0.15, -0.1) is 0 Å². The van der Waals surface area contributed by atoms with Crippen LogP contribution in [-0.2, 0) is 26.7 Å². The quantitative estimate of drug-likeness (QED) is 0.411. The van der Waals surface area contributed by atoms with Crippen molar-refractivity contribution < 1.29 is 45.5 Å². The van der Waals surface area contributed by atoms with Crippen LogP contribution in [-0.4, -0.2) is 30.1 Å². The van der Waals surface area contributed by atoms with E-state index < -0.39 is 52.6 Å². The van der Waals surface area contributed by atoms with Crippen molar-refractivity contribution in [2.75, 3.05) is 11.9 Å². The number of anilines is 1. The average molecular weight is 492 g/mol. The SMILES string of the molecule is CC(C)(C)OC[C@@H](ONC(=O)c1cc(C(F)(F)F)cc(C(F)(F)F)c1)C(=O)Nc1ccccc1. The normalized spacial score (nSPS) is 13.3. The summed E-state index contributed by atoms with van der Waals surface area (Å²) in [5, 5.41) is 2.51. The minimum Gasteiger partial charge on any atom is -0.372 e. The van der Waals surface area contributed by atoms with Crippen LogP contribution in [0.3, 0.4) is 0 Å². The van der Waals surface area contributed by atoms with Crippen molar-refractivity contribution in [3.63, 3.8) is 0 Å². The molecule has 1 atom stereocenters. The summed E-state index contributed by atoms with van der Waals surface area (Å²) in [5.41, 5.74) is -2.88. The maximum Gasteiger partial charge on any atom is 0.416 e. The molecule has 2 aromatic carbocycles. The summed E-state index contributed by atoms with van der Waals surface area (Å²) < 4.78 is 83.7. The molecule has 0 unspecified atom stereocenters. The van der Waals surface area contributed by atoms with Gasteiger partial charge < -0.3 is 10.1 Å². The second-order valence-electron chi connectivity index (χ2n) is 8.11. The molecule has 12 heteroatoms. The fourth-order valence-corrected chi connectivity index (χ4v) is 2.50. The number of amides is 2. The van der Waals surface area contributed by atoms with Crippen LogP contribution in [0.5, 0.6) is 0 Å². The van der Waals surface area contributed by atoms with E-state index in [1.54, 1.807) is 56.6 Å². The van der Waals surface area contributed by atoms with E-state index in [9.17, 15) is 35.9 Å². The Hall–Kier alpha value is -3.12. The predicted molar refractivity (Wildman–Crippen MR) is 110 cm³/mol. The minimum absolute atomic E-state index is 0.106. The first-order chi connectivity index (χ1) is 15.6. The molecule has 6 nitrogen and oxygen atoms in total. The molecule has 0 fully saturated rings. The van der Waals surface area contributed by atoms with Crippen LogP contribution in [0.25, 0.3) is 0 Å². The number of benzene rings is 2. The van der Waals surface area contributed by atoms with Crippen LogP contribution in [0.4, 0.5) is 32.0 Å². The van der Waals surface area contributed by atoms with Crippen molar-refractivity contribution in [1.82, 2.24) is 5.48 Å². The van der Waals surface area contributed by atoms with Gasteiger partial charge >= 0.3 is 12.4 Å². The lowest BCUT2D eigenvalue weighted by Crippen LogP contribution is -2.42. The van der Waals surface area contributed by atoms with Crippen LogP contribution in [0.1, 0.15) is 42.3 Å². The molecule has 0 aliphatic heterocycles. The highest BCUT2D eigenvalue weighted by atomic mass is 19.4. The minimum atomic E-state index is -5.13. The zero-order chi connectivity index (χ0) is 25.7. The summed E-state index contributed by atoms with van der Waals surface area (Å²) in [6.07, 6.45) is -11.7. The lowest BCUT2D eigenvalue weighted by Gasteiger charge is -2.24. The maximum atomic E-state index is 13.0. The summed E-state index contributed by atoms with van der Waals surface area (Å²) in [4.78, 5) is 30.0. The highest BCUT2D eigenvalue weighted by molar-refractivity contribution is 5.96. The molecule has 2 rings (SSSR count). The molecule has 2 amide bonds. The molecule has 0 bridgehead atoms. The third kappa shape index (κ3) is 8.34. The molecular formula is C22H22F6N2O4. The number of alkyl halides is 6. The van der Waals surface area contributed by atoms with E-state index in [1.807, 2.05) is 0 Å². The molecule has 0 spiro atoms. The van der Waals surface area contributed by atoms with Gasteiger partial charge in [-0.05, 0) is 51.1 Å². The van der Waals surface area contributed by atoms with Gasteiger partial charge in [-0.25, -0.2) is 5.48 Å². The molecule has 2 aromatic rings. The van der Waals surface area contributed by atoms with E-state index in [-0.39, 0.29) is 24.8 Å². The van der Waals surface area contributed by atoms with Gasteiger partial charge in [-0.1, -0.05) is 18.2 Å². The number of ether oxygens (including phenoxy) is 1. The van der Waals surface area contributed by atoms with Crippen LogP contribution in [0.2, 0.25) is 0 Å². The molecule has 0 saturated carbocycles. The molecule has 2 N–H and O–H groups in total. The molecule has 0 aromatic heterocycles. The Bertz CT molecular complexity index is 969. The monoisotopic (exact) mass is 492 g/mol. The standard InChI is InChI=1S/C22H22F6N2O4/c1-20(2,3)33-12-17(19(32)29-16-7-5-4-6-8-16)34-30-18(31)13-9-14(21(23,24)25)11-15(10-13)22(26,27)28/h4-11,17H,12H2,1-3H3,(H,29,32)(H,30,31)/t17-/m1/s1. The van der Waals surface area contributed by atoms with Crippen molar-refractivity contribution in [2.45, 2.75) is 44.8 Å². The molecule has 186 valence electrons. The van der Waals surface area contributed by atoms with E-state index in [0.29, 0.717) is 5.69 Å². The van der Waals surface area contributed by atoms with Crippen molar-refractivity contribution in [2.24, 2.45) is 0 Å². The number of hydrogen-bond donors (Lipinski definition) is 2.